The summed E-state index contributed by atoms with van der Waals surface area (Å²) < 4.78 is 0. The standard InChI is InChI=1S/C12H24N2O/c1-9(2)10(3)14-11(15)12(4)7-5-6-8-13-12/h9-10,13H,5-8H2,1-4H3,(H,14,15). The van der Waals surface area contributed by atoms with Crippen LogP contribution in [0.4, 0.5) is 0 Å². The summed E-state index contributed by atoms with van der Waals surface area (Å²) >= 11 is 0. The molecule has 0 aromatic rings. The van der Waals surface area contributed by atoms with Gasteiger partial charge < -0.3 is 10.6 Å². The molecule has 0 aromatic carbocycles. The van der Waals surface area contributed by atoms with Crippen LogP contribution >= 0.6 is 0 Å². The largest absolute Gasteiger partial charge is 0.352 e. The number of rotatable bonds is 3. The summed E-state index contributed by atoms with van der Waals surface area (Å²) in [5, 5.41) is 6.42. The van der Waals surface area contributed by atoms with Crippen molar-refractivity contribution in [3.8, 4) is 0 Å². The summed E-state index contributed by atoms with van der Waals surface area (Å²) in [5.41, 5.74) is -0.346. The number of carbonyl (C=O) groups is 1. The van der Waals surface area contributed by atoms with Gasteiger partial charge in [-0.2, -0.15) is 0 Å². The molecular formula is C12H24N2O. The quantitative estimate of drug-likeness (QED) is 0.747. The Kier molecular flexibility index (Phi) is 4.14. The normalized spacial score (nSPS) is 28.9. The molecule has 1 rings (SSSR count). The van der Waals surface area contributed by atoms with Crippen molar-refractivity contribution in [2.75, 3.05) is 6.54 Å². The lowest BCUT2D eigenvalue weighted by atomic mass is 9.89. The smallest absolute Gasteiger partial charge is 0.240 e. The van der Waals surface area contributed by atoms with Crippen LogP contribution in [0.1, 0.15) is 47.0 Å². The highest BCUT2D eigenvalue weighted by Crippen LogP contribution is 2.19. The van der Waals surface area contributed by atoms with Crippen LogP contribution in [0.2, 0.25) is 0 Å². The zero-order valence-corrected chi connectivity index (χ0v) is 10.4. The fourth-order valence-electron chi connectivity index (χ4n) is 1.78. The molecule has 2 atom stereocenters. The number of carbonyl (C=O) groups excluding carboxylic acids is 1. The van der Waals surface area contributed by atoms with E-state index in [2.05, 4.69) is 31.4 Å². The Balaban J connectivity index is 2.51. The van der Waals surface area contributed by atoms with Crippen LogP contribution in [0.5, 0.6) is 0 Å². The summed E-state index contributed by atoms with van der Waals surface area (Å²) in [4.78, 5) is 12.1. The van der Waals surface area contributed by atoms with E-state index in [1.54, 1.807) is 0 Å². The molecule has 1 aliphatic rings. The van der Waals surface area contributed by atoms with Crippen LogP contribution < -0.4 is 10.6 Å². The van der Waals surface area contributed by atoms with Crippen molar-refractivity contribution in [3.05, 3.63) is 0 Å². The molecule has 0 spiro atoms. The van der Waals surface area contributed by atoms with Gasteiger partial charge in [0.25, 0.3) is 0 Å². The highest BCUT2D eigenvalue weighted by molar-refractivity contribution is 5.86. The fraction of sp³-hybridized carbons (Fsp3) is 0.917. The van der Waals surface area contributed by atoms with Gasteiger partial charge >= 0.3 is 0 Å². The van der Waals surface area contributed by atoms with E-state index in [1.165, 1.54) is 6.42 Å². The molecule has 1 saturated heterocycles. The molecule has 2 unspecified atom stereocenters. The Hall–Kier alpha value is -0.570. The van der Waals surface area contributed by atoms with E-state index in [-0.39, 0.29) is 17.5 Å². The third-order valence-electron chi connectivity index (χ3n) is 3.48. The maximum absolute atomic E-state index is 12.1. The van der Waals surface area contributed by atoms with E-state index in [0.29, 0.717) is 5.92 Å². The van der Waals surface area contributed by atoms with Crippen molar-refractivity contribution in [3.63, 3.8) is 0 Å². The first-order valence-corrected chi connectivity index (χ1v) is 6.02. The van der Waals surface area contributed by atoms with Gasteiger partial charge in [-0.1, -0.05) is 13.8 Å². The highest BCUT2D eigenvalue weighted by Gasteiger charge is 2.34. The Morgan fingerprint density at radius 3 is 2.47 bits per heavy atom. The number of hydrogen-bond donors (Lipinski definition) is 2. The van der Waals surface area contributed by atoms with E-state index < -0.39 is 0 Å². The van der Waals surface area contributed by atoms with E-state index in [1.807, 2.05) is 6.92 Å². The lowest BCUT2D eigenvalue weighted by Gasteiger charge is -2.35. The highest BCUT2D eigenvalue weighted by atomic mass is 16.2. The Morgan fingerprint density at radius 1 is 1.33 bits per heavy atom. The van der Waals surface area contributed by atoms with Gasteiger partial charge in [-0.05, 0) is 45.6 Å². The summed E-state index contributed by atoms with van der Waals surface area (Å²) in [6.07, 6.45) is 3.28. The molecule has 1 aliphatic heterocycles. The van der Waals surface area contributed by atoms with Gasteiger partial charge in [0.05, 0.1) is 5.54 Å². The first-order valence-electron chi connectivity index (χ1n) is 6.02. The second kappa shape index (κ2) is 4.97. The maximum atomic E-state index is 12.1. The van der Waals surface area contributed by atoms with Crippen LogP contribution in [0.15, 0.2) is 0 Å². The van der Waals surface area contributed by atoms with Crippen LogP contribution in [-0.4, -0.2) is 24.0 Å². The summed E-state index contributed by atoms with van der Waals surface area (Å²) in [5.74, 6) is 0.643. The van der Waals surface area contributed by atoms with Gasteiger partial charge in [-0.3, -0.25) is 4.79 Å². The minimum absolute atomic E-state index is 0.156. The van der Waals surface area contributed by atoms with Gasteiger partial charge in [0, 0.05) is 6.04 Å². The first kappa shape index (κ1) is 12.5. The first-order chi connectivity index (χ1) is 6.96. The van der Waals surface area contributed by atoms with E-state index in [9.17, 15) is 4.79 Å². The minimum atomic E-state index is -0.346. The molecule has 1 amide bonds. The predicted octanol–water partition coefficient (Wildman–Crippen LogP) is 1.68. The Labute approximate surface area is 93.0 Å². The molecule has 2 N–H and O–H groups in total. The molecule has 0 aliphatic carbocycles. The zero-order valence-electron chi connectivity index (χ0n) is 10.4. The molecule has 0 radical (unpaired) electrons. The number of amides is 1. The molecule has 1 heterocycles. The van der Waals surface area contributed by atoms with Gasteiger partial charge in [0.2, 0.25) is 5.91 Å². The zero-order chi connectivity index (χ0) is 11.5. The second-order valence-electron chi connectivity index (χ2n) is 5.22. The van der Waals surface area contributed by atoms with Crippen molar-refractivity contribution in [2.45, 2.75) is 58.5 Å². The minimum Gasteiger partial charge on any atom is -0.352 e. The molecule has 0 saturated carbocycles. The van der Waals surface area contributed by atoms with Crippen LogP contribution in [0, 0.1) is 5.92 Å². The van der Waals surface area contributed by atoms with Gasteiger partial charge in [0.15, 0.2) is 0 Å². The molecular weight excluding hydrogens is 188 g/mol. The van der Waals surface area contributed by atoms with E-state index >= 15 is 0 Å². The van der Waals surface area contributed by atoms with Gasteiger partial charge in [-0.15, -0.1) is 0 Å². The molecule has 0 aromatic heterocycles. The Morgan fingerprint density at radius 2 is 2.00 bits per heavy atom. The van der Waals surface area contributed by atoms with Crippen molar-refractivity contribution < 1.29 is 4.79 Å². The molecule has 15 heavy (non-hydrogen) atoms. The van der Waals surface area contributed by atoms with Crippen LogP contribution in [0.3, 0.4) is 0 Å². The summed E-state index contributed by atoms with van der Waals surface area (Å²) in [6, 6.07) is 0.248. The third kappa shape index (κ3) is 3.20. The summed E-state index contributed by atoms with van der Waals surface area (Å²) in [7, 11) is 0. The van der Waals surface area contributed by atoms with Crippen molar-refractivity contribution in [1.82, 2.24) is 10.6 Å². The SMILES string of the molecule is CC(C)C(C)NC(=O)C1(C)CCCCN1. The number of hydrogen-bond acceptors (Lipinski definition) is 2. The lowest BCUT2D eigenvalue weighted by Crippen LogP contribution is -2.58. The molecule has 88 valence electrons. The summed E-state index contributed by atoms with van der Waals surface area (Å²) in [6.45, 7) is 9.28. The van der Waals surface area contributed by atoms with Crippen molar-refractivity contribution >= 4 is 5.91 Å². The third-order valence-corrected chi connectivity index (χ3v) is 3.48. The topological polar surface area (TPSA) is 41.1 Å². The second-order valence-corrected chi connectivity index (χ2v) is 5.22. The monoisotopic (exact) mass is 212 g/mol. The van der Waals surface area contributed by atoms with Gasteiger partial charge in [0.1, 0.15) is 0 Å². The average molecular weight is 212 g/mol. The van der Waals surface area contributed by atoms with E-state index in [4.69, 9.17) is 0 Å². The molecule has 3 nitrogen and oxygen atoms in total. The lowest BCUT2D eigenvalue weighted by molar-refractivity contribution is -0.128. The molecule has 0 bridgehead atoms. The predicted molar refractivity (Wildman–Crippen MR) is 62.7 cm³/mol. The Bertz CT molecular complexity index is 220. The molecule has 1 fully saturated rings. The number of piperidine rings is 1. The van der Waals surface area contributed by atoms with Crippen molar-refractivity contribution in [1.29, 1.82) is 0 Å². The number of nitrogens with one attached hydrogen (secondary N) is 2. The van der Waals surface area contributed by atoms with Crippen LogP contribution in [0.25, 0.3) is 0 Å². The maximum Gasteiger partial charge on any atom is 0.240 e. The van der Waals surface area contributed by atoms with Crippen molar-refractivity contribution in [2.24, 2.45) is 5.92 Å². The average Bonchev–Trinajstić information content (AvgIpc) is 2.18. The molecule has 3 heteroatoms. The van der Waals surface area contributed by atoms with Gasteiger partial charge in [-0.25, -0.2) is 0 Å². The van der Waals surface area contributed by atoms with E-state index in [0.717, 1.165) is 19.4 Å². The fourth-order valence-corrected chi connectivity index (χ4v) is 1.78. The van der Waals surface area contributed by atoms with Crippen LogP contribution in [-0.2, 0) is 4.79 Å².